The van der Waals surface area contributed by atoms with Crippen LogP contribution in [0.2, 0.25) is 0 Å². The van der Waals surface area contributed by atoms with Crippen molar-refractivity contribution < 1.29 is 9.00 Å². The molecule has 0 saturated carbocycles. The van der Waals surface area contributed by atoms with Gasteiger partial charge >= 0.3 is 0 Å². The highest BCUT2D eigenvalue weighted by atomic mass is 32.2. The molecular formula is C30H39N5O2S2. The van der Waals surface area contributed by atoms with E-state index in [0.29, 0.717) is 11.5 Å². The van der Waals surface area contributed by atoms with E-state index in [9.17, 15) is 9.00 Å². The third kappa shape index (κ3) is 5.63. The summed E-state index contributed by atoms with van der Waals surface area (Å²) in [5, 5.41) is 4.30. The van der Waals surface area contributed by atoms with Crippen molar-refractivity contribution in [2.75, 3.05) is 33.2 Å². The van der Waals surface area contributed by atoms with Crippen LogP contribution >= 0.6 is 12.2 Å². The zero-order valence-electron chi connectivity index (χ0n) is 23.1. The number of nitrogens with two attached hydrogens (primary N) is 1. The van der Waals surface area contributed by atoms with Gasteiger partial charge in [0.15, 0.2) is 0 Å². The second-order valence-electron chi connectivity index (χ2n) is 11.3. The van der Waals surface area contributed by atoms with Gasteiger partial charge in [0.2, 0.25) is 5.91 Å². The molecule has 2 aromatic carbocycles. The Labute approximate surface area is 237 Å². The summed E-state index contributed by atoms with van der Waals surface area (Å²) in [7, 11) is -0.242. The van der Waals surface area contributed by atoms with E-state index in [1.165, 1.54) is 0 Å². The second kappa shape index (κ2) is 11.0. The molecule has 39 heavy (non-hydrogen) atoms. The molecule has 9 heteroatoms. The smallest absolute Gasteiger partial charge is 0.225 e. The number of nitrogens with zero attached hydrogens (tertiary/aromatic N) is 3. The molecule has 5 rings (SSSR count). The number of hydrogen-bond acceptors (Lipinski definition) is 4. The molecule has 0 radical (unpaired) electrons. The van der Waals surface area contributed by atoms with Gasteiger partial charge in [-0.05, 0) is 49.0 Å². The minimum Gasteiger partial charge on any atom is -0.389 e. The predicted octanol–water partition coefficient (Wildman–Crippen LogP) is 3.80. The largest absolute Gasteiger partial charge is 0.389 e. The van der Waals surface area contributed by atoms with Crippen molar-refractivity contribution >= 4 is 49.6 Å². The van der Waals surface area contributed by atoms with E-state index >= 15 is 0 Å². The summed E-state index contributed by atoms with van der Waals surface area (Å²) < 4.78 is 17.6. The van der Waals surface area contributed by atoms with E-state index in [2.05, 4.69) is 55.4 Å². The number of aromatic nitrogens is 1. The number of hydrogen-bond donors (Lipinski definition) is 2. The van der Waals surface area contributed by atoms with Gasteiger partial charge in [0.05, 0.1) is 5.92 Å². The number of rotatable bonds is 8. The van der Waals surface area contributed by atoms with Gasteiger partial charge < -0.3 is 20.5 Å². The van der Waals surface area contributed by atoms with Crippen molar-refractivity contribution in [3.05, 3.63) is 59.8 Å². The average Bonchev–Trinajstić information content (AvgIpc) is 3.29. The van der Waals surface area contributed by atoms with E-state index in [1.807, 2.05) is 39.1 Å². The predicted molar refractivity (Wildman–Crippen MR) is 166 cm³/mol. The van der Waals surface area contributed by atoms with E-state index in [1.54, 1.807) is 0 Å². The summed E-state index contributed by atoms with van der Waals surface area (Å²) in [6.07, 6.45) is 4.03. The standard InChI is InChI=1S/C30H39N5O2S2/c1-20(2)39(4,37)34-12-10-25(11-13-34)35-19-27(22-6-5-7-23(15-22)29(31)38)26-9-8-21(14-28(26)35)16-32-30(36)24-17-33(3)18-24/h5-9,14-15,19-20,24-25H,4,10-13,16-18H2,1-3H3,(H2,31,38)(H,32,36). The number of benzene rings is 2. The van der Waals surface area contributed by atoms with Gasteiger partial charge in [0.1, 0.15) is 4.99 Å². The first-order chi connectivity index (χ1) is 18.5. The van der Waals surface area contributed by atoms with Crippen LogP contribution in [0.1, 0.15) is 43.9 Å². The Balaban J connectivity index is 1.46. The first-order valence-electron chi connectivity index (χ1n) is 13.7. The molecule has 3 aromatic rings. The number of likely N-dealkylation sites (tertiary alicyclic amines) is 1. The van der Waals surface area contributed by atoms with Crippen LogP contribution in [0.25, 0.3) is 22.0 Å². The fourth-order valence-electron chi connectivity index (χ4n) is 5.70. The number of piperidine rings is 1. The highest BCUT2D eigenvalue weighted by Gasteiger charge is 2.30. The summed E-state index contributed by atoms with van der Waals surface area (Å²) in [5.74, 6) is 4.27. The average molecular weight is 566 g/mol. The third-order valence-electron chi connectivity index (χ3n) is 8.25. The molecule has 2 saturated heterocycles. The Morgan fingerprint density at radius 1 is 1.18 bits per heavy atom. The second-order valence-corrected chi connectivity index (χ2v) is 14.6. The molecule has 2 fully saturated rings. The molecule has 1 unspecified atom stereocenters. The molecule has 0 aliphatic carbocycles. The molecule has 0 spiro atoms. The van der Waals surface area contributed by atoms with Gasteiger partial charge in [0, 0.05) is 82.0 Å². The Morgan fingerprint density at radius 3 is 2.54 bits per heavy atom. The number of nitrogens with one attached hydrogen (secondary N) is 1. The zero-order chi connectivity index (χ0) is 27.9. The van der Waals surface area contributed by atoms with Gasteiger partial charge in [-0.3, -0.25) is 9.00 Å². The van der Waals surface area contributed by atoms with E-state index in [-0.39, 0.29) is 23.1 Å². The Kier molecular flexibility index (Phi) is 7.88. The lowest BCUT2D eigenvalue weighted by Crippen LogP contribution is -2.51. The summed E-state index contributed by atoms with van der Waals surface area (Å²) >= 11 is 5.24. The maximum Gasteiger partial charge on any atom is 0.225 e. The van der Waals surface area contributed by atoms with Crippen LogP contribution in [0.15, 0.2) is 48.7 Å². The van der Waals surface area contributed by atoms with Crippen molar-refractivity contribution in [3.8, 4) is 11.1 Å². The fraction of sp³-hybridized carbons (Fsp3) is 0.433. The molecule has 0 bridgehead atoms. The Hall–Kier alpha value is -2.72. The number of carbonyl (C=O) groups excluding carboxylic acids is 1. The van der Waals surface area contributed by atoms with Crippen molar-refractivity contribution in [2.45, 2.75) is 44.5 Å². The quantitative estimate of drug-likeness (QED) is 0.406. The Bertz CT molecular complexity index is 1500. The molecule has 7 nitrogen and oxygen atoms in total. The van der Waals surface area contributed by atoms with Crippen molar-refractivity contribution in [2.24, 2.45) is 11.7 Å². The molecule has 3 heterocycles. The highest BCUT2D eigenvalue weighted by Crippen LogP contribution is 2.37. The summed E-state index contributed by atoms with van der Waals surface area (Å²) in [6, 6.07) is 14.8. The minimum absolute atomic E-state index is 0.0204. The number of thiocarbonyl (C=S) groups is 1. The van der Waals surface area contributed by atoms with Gasteiger partial charge in [-0.1, -0.05) is 56.4 Å². The minimum atomic E-state index is -2.27. The summed E-state index contributed by atoms with van der Waals surface area (Å²) in [5.41, 5.74) is 11.2. The van der Waals surface area contributed by atoms with Crippen molar-refractivity contribution in [1.82, 2.24) is 19.1 Å². The van der Waals surface area contributed by atoms with Crippen LogP contribution in [0, 0.1) is 5.92 Å². The number of amides is 1. The van der Waals surface area contributed by atoms with Crippen LogP contribution in [0.3, 0.4) is 0 Å². The molecule has 3 N–H and O–H groups in total. The molecule has 2 aliphatic heterocycles. The maximum atomic E-state index is 13.2. The first kappa shape index (κ1) is 27.8. The summed E-state index contributed by atoms with van der Waals surface area (Å²) in [6.45, 7) is 7.61. The van der Waals surface area contributed by atoms with Gasteiger partial charge in [-0.2, -0.15) is 0 Å². The molecular weight excluding hydrogens is 526 g/mol. The van der Waals surface area contributed by atoms with E-state index in [0.717, 1.165) is 72.2 Å². The Morgan fingerprint density at radius 2 is 1.90 bits per heavy atom. The van der Waals surface area contributed by atoms with Crippen LogP contribution in [-0.4, -0.2) is 73.2 Å². The first-order valence-corrected chi connectivity index (χ1v) is 15.8. The van der Waals surface area contributed by atoms with Crippen molar-refractivity contribution in [1.29, 1.82) is 0 Å². The lowest BCUT2D eigenvalue weighted by atomic mass is 10.00. The van der Waals surface area contributed by atoms with Gasteiger partial charge in [0.25, 0.3) is 0 Å². The SMILES string of the molecule is C=S(=O)(C(C)C)N1CCC(n2cc(-c3cccc(C(N)=S)c3)c3ccc(CNC(=O)C4CN(C)C4)cc32)CC1. The van der Waals surface area contributed by atoms with Crippen LogP contribution in [0.5, 0.6) is 0 Å². The van der Waals surface area contributed by atoms with E-state index in [4.69, 9.17) is 18.0 Å². The maximum absolute atomic E-state index is 13.2. The molecule has 2 aliphatic rings. The normalized spacial score (nSPS) is 19.2. The molecule has 1 atom stereocenters. The van der Waals surface area contributed by atoms with Crippen LogP contribution in [0.4, 0.5) is 0 Å². The van der Waals surface area contributed by atoms with Gasteiger partial charge in [-0.15, -0.1) is 0 Å². The topological polar surface area (TPSA) is 83.6 Å². The monoisotopic (exact) mass is 565 g/mol. The van der Waals surface area contributed by atoms with E-state index < -0.39 is 9.71 Å². The fourth-order valence-corrected chi connectivity index (χ4v) is 7.26. The molecule has 1 aromatic heterocycles. The van der Waals surface area contributed by atoms with Crippen LogP contribution in [-0.2, 0) is 21.0 Å². The zero-order valence-corrected chi connectivity index (χ0v) is 24.7. The lowest BCUT2D eigenvalue weighted by molar-refractivity contribution is -0.129. The molecule has 1 amide bonds. The lowest BCUT2D eigenvalue weighted by Gasteiger charge is -2.36. The molecule has 208 valence electrons. The highest BCUT2D eigenvalue weighted by molar-refractivity contribution is 7.98. The van der Waals surface area contributed by atoms with Crippen LogP contribution < -0.4 is 11.1 Å². The van der Waals surface area contributed by atoms with Crippen molar-refractivity contribution in [3.63, 3.8) is 0 Å². The summed E-state index contributed by atoms with van der Waals surface area (Å²) in [4.78, 5) is 15.1. The number of fused-ring (bicyclic) bond motifs is 1. The number of carbonyl (C=O) groups is 1. The van der Waals surface area contributed by atoms with Gasteiger partial charge in [-0.25, -0.2) is 4.31 Å². The third-order valence-corrected chi connectivity index (χ3v) is 11.2.